The number of hydrogen-bond donors (Lipinski definition) is 1. The van der Waals surface area contributed by atoms with Crippen LogP contribution in [0.3, 0.4) is 0 Å². The predicted octanol–water partition coefficient (Wildman–Crippen LogP) is 3.14. The molecule has 0 bridgehead atoms. The normalized spacial score (nSPS) is 10.2. The second-order valence-electron chi connectivity index (χ2n) is 4.76. The summed E-state index contributed by atoms with van der Waals surface area (Å²) in [6.45, 7) is 1.77. The van der Waals surface area contributed by atoms with Crippen molar-refractivity contribution in [3.05, 3.63) is 53.1 Å². The maximum absolute atomic E-state index is 12.3. The molecule has 0 aliphatic rings. The minimum absolute atomic E-state index is 0.0444. The molecule has 110 valence electrons. The minimum atomic E-state index is -0.136. The molecule has 0 aliphatic carbocycles. The highest BCUT2D eigenvalue weighted by Crippen LogP contribution is 2.29. The summed E-state index contributed by atoms with van der Waals surface area (Å²) in [6, 6.07) is 10.5. The van der Waals surface area contributed by atoms with E-state index >= 15 is 0 Å². The number of aromatic hydroxyl groups is 1. The van der Waals surface area contributed by atoms with Crippen LogP contribution >= 0.6 is 0 Å². The van der Waals surface area contributed by atoms with Gasteiger partial charge < -0.3 is 14.6 Å². The van der Waals surface area contributed by atoms with Crippen LogP contribution in [0.1, 0.15) is 21.5 Å². The fourth-order valence-corrected chi connectivity index (χ4v) is 2.16. The van der Waals surface area contributed by atoms with Gasteiger partial charge in [-0.05, 0) is 36.2 Å². The van der Waals surface area contributed by atoms with Crippen LogP contribution in [0.25, 0.3) is 0 Å². The summed E-state index contributed by atoms with van der Waals surface area (Å²) in [6.07, 6.45) is 0.192. The van der Waals surface area contributed by atoms with Crippen molar-refractivity contribution < 1.29 is 19.4 Å². The fraction of sp³-hybridized carbons (Fsp3) is 0.235. The van der Waals surface area contributed by atoms with Gasteiger partial charge >= 0.3 is 0 Å². The molecule has 0 aromatic heterocycles. The Morgan fingerprint density at radius 3 is 2.48 bits per heavy atom. The van der Waals surface area contributed by atoms with Crippen LogP contribution in [-0.2, 0) is 6.42 Å². The van der Waals surface area contributed by atoms with Crippen LogP contribution in [0, 0.1) is 6.92 Å². The second kappa shape index (κ2) is 6.31. The molecule has 0 spiro atoms. The monoisotopic (exact) mass is 286 g/mol. The summed E-state index contributed by atoms with van der Waals surface area (Å²) in [7, 11) is 3.11. The lowest BCUT2D eigenvalue weighted by Gasteiger charge is -2.10. The Morgan fingerprint density at radius 2 is 1.81 bits per heavy atom. The molecule has 2 aromatic carbocycles. The predicted molar refractivity (Wildman–Crippen MR) is 80.4 cm³/mol. The summed E-state index contributed by atoms with van der Waals surface area (Å²) in [5.74, 6) is 1.11. The van der Waals surface area contributed by atoms with Crippen molar-refractivity contribution in [3.8, 4) is 17.2 Å². The number of Topliss-reactive ketones (excluding diaryl/α,β-unsaturated/α-hetero) is 1. The molecule has 2 rings (SSSR count). The van der Waals surface area contributed by atoms with Crippen LogP contribution in [0.4, 0.5) is 0 Å². The van der Waals surface area contributed by atoms with Crippen molar-refractivity contribution in [3.63, 3.8) is 0 Å². The van der Waals surface area contributed by atoms with Gasteiger partial charge in [0.2, 0.25) is 0 Å². The number of ketones is 1. The standard InChI is InChI=1S/C17H18O4/c1-11-5-4-6-13(17(11)19)14(18)9-12-7-8-15(20-2)16(10-12)21-3/h4-8,10,19H,9H2,1-3H3. The van der Waals surface area contributed by atoms with E-state index in [1.807, 2.05) is 6.07 Å². The quantitative estimate of drug-likeness (QED) is 0.858. The molecular formula is C17H18O4. The van der Waals surface area contributed by atoms with Gasteiger partial charge in [0.25, 0.3) is 0 Å². The maximum Gasteiger partial charge on any atom is 0.170 e. The molecule has 0 radical (unpaired) electrons. The number of rotatable bonds is 5. The lowest BCUT2D eigenvalue weighted by molar-refractivity contribution is 0.0990. The first-order valence-electron chi connectivity index (χ1n) is 6.59. The van der Waals surface area contributed by atoms with E-state index in [-0.39, 0.29) is 18.0 Å². The van der Waals surface area contributed by atoms with Gasteiger partial charge in [-0.15, -0.1) is 0 Å². The fourth-order valence-electron chi connectivity index (χ4n) is 2.16. The molecule has 0 heterocycles. The van der Waals surface area contributed by atoms with Gasteiger partial charge in [-0.1, -0.05) is 18.2 Å². The molecule has 0 saturated heterocycles. The second-order valence-corrected chi connectivity index (χ2v) is 4.76. The number of carbonyl (C=O) groups excluding carboxylic acids is 1. The highest BCUT2D eigenvalue weighted by atomic mass is 16.5. The number of para-hydroxylation sites is 1. The lowest BCUT2D eigenvalue weighted by atomic mass is 10.00. The van der Waals surface area contributed by atoms with Gasteiger partial charge in [0.05, 0.1) is 19.8 Å². The van der Waals surface area contributed by atoms with Crippen molar-refractivity contribution >= 4 is 5.78 Å². The first kappa shape index (κ1) is 14.9. The topological polar surface area (TPSA) is 55.8 Å². The Balaban J connectivity index is 2.25. The van der Waals surface area contributed by atoms with E-state index in [1.165, 1.54) is 0 Å². The molecule has 0 unspecified atom stereocenters. The van der Waals surface area contributed by atoms with E-state index in [4.69, 9.17) is 9.47 Å². The highest BCUT2D eigenvalue weighted by Gasteiger charge is 2.14. The van der Waals surface area contributed by atoms with Crippen LogP contribution in [0.5, 0.6) is 17.2 Å². The van der Waals surface area contributed by atoms with Crippen molar-refractivity contribution in [1.29, 1.82) is 0 Å². The van der Waals surface area contributed by atoms with Crippen molar-refractivity contribution in [2.75, 3.05) is 14.2 Å². The van der Waals surface area contributed by atoms with Crippen LogP contribution in [0.15, 0.2) is 36.4 Å². The molecular weight excluding hydrogens is 268 g/mol. The van der Waals surface area contributed by atoms with Crippen molar-refractivity contribution in [2.45, 2.75) is 13.3 Å². The number of phenolic OH excluding ortho intramolecular Hbond substituents is 1. The van der Waals surface area contributed by atoms with Gasteiger partial charge in [0.15, 0.2) is 17.3 Å². The molecule has 0 saturated carbocycles. The van der Waals surface area contributed by atoms with E-state index in [9.17, 15) is 9.90 Å². The lowest BCUT2D eigenvalue weighted by Crippen LogP contribution is -2.05. The molecule has 0 amide bonds. The largest absolute Gasteiger partial charge is 0.507 e. The molecule has 2 aromatic rings. The van der Waals surface area contributed by atoms with Gasteiger partial charge in [-0.2, -0.15) is 0 Å². The van der Waals surface area contributed by atoms with E-state index in [0.29, 0.717) is 22.6 Å². The minimum Gasteiger partial charge on any atom is -0.507 e. The Labute approximate surface area is 123 Å². The Bertz CT molecular complexity index is 662. The first-order valence-corrected chi connectivity index (χ1v) is 6.59. The van der Waals surface area contributed by atoms with Crippen LogP contribution in [0.2, 0.25) is 0 Å². The highest BCUT2D eigenvalue weighted by molar-refractivity contribution is 6.00. The summed E-state index contributed by atoms with van der Waals surface area (Å²) >= 11 is 0. The third-order valence-electron chi connectivity index (χ3n) is 3.35. The average molecular weight is 286 g/mol. The molecule has 1 N–H and O–H groups in total. The van der Waals surface area contributed by atoms with Crippen LogP contribution < -0.4 is 9.47 Å². The van der Waals surface area contributed by atoms with Gasteiger partial charge in [-0.25, -0.2) is 0 Å². The first-order chi connectivity index (χ1) is 10.1. The zero-order chi connectivity index (χ0) is 15.4. The summed E-state index contributed by atoms with van der Waals surface area (Å²) in [5, 5.41) is 9.96. The number of carbonyl (C=O) groups is 1. The third-order valence-corrected chi connectivity index (χ3v) is 3.35. The van der Waals surface area contributed by atoms with Gasteiger partial charge in [0, 0.05) is 6.42 Å². The van der Waals surface area contributed by atoms with Gasteiger partial charge in [0.1, 0.15) is 5.75 Å². The number of methoxy groups -OCH3 is 2. The zero-order valence-corrected chi connectivity index (χ0v) is 12.3. The molecule has 21 heavy (non-hydrogen) atoms. The molecule has 4 heteroatoms. The average Bonchev–Trinajstić information content (AvgIpc) is 2.49. The molecule has 4 nitrogen and oxygen atoms in total. The molecule has 0 fully saturated rings. The summed E-state index contributed by atoms with van der Waals surface area (Å²) in [4.78, 5) is 12.3. The van der Waals surface area contributed by atoms with E-state index < -0.39 is 0 Å². The summed E-state index contributed by atoms with van der Waals surface area (Å²) in [5.41, 5.74) is 1.83. The Hall–Kier alpha value is -2.49. The third kappa shape index (κ3) is 3.16. The molecule has 0 aliphatic heterocycles. The number of ether oxygens (including phenoxy) is 2. The van der Waals surface area contributed by atoms with E-state index in [0.717, 1.165) is 5.56 Å². The Kier molecular flexibility index (Phi) is 4.48. The van der Waals surface area contributed by atoms with Gasteiger partial charge in [-0.3, -0.25) is 4.79 Å². The van der Waals surface area contributed by atoms with Crippen molar-refractivity contribution in [2.24, 2.45) is 0 Å². The zero-order valence-electron chi connectivity index (χ0n) is 12.3. The number of phenols is 1. The SMILES string of the molecule is COc1ccc(CC(=O)c2cccc(C)c2O)cc1OC. The summed E-state index contributed by atoms with van der Waals surface area (Å²) < 4.78 is 10.4. The maximum atomic E-state index is 12.3. The number of benzene rings is 2. The number of hydrogen-bond acceptors (Lipinski definition) is 4. The Morgan fingerprint density at radius 1 is 1.10 bits per heavy atom. The van der Waals surface area contributed by atoms with E-state index in [1.54, 1.807) is 51.5 Å². The number of aryl methyl sites for hydroxylation is 1. The molecule has 0 atom stereocenters. The smallest absolute Gasteiger partial charge is 0.170 e. The van der Waals surface area contributed by atoms with E-state index in [2.05, 4.69) is 0 Å². The van der Waals surface area contributed by atoms with Crippen LogP contribution in [-0.4, -0.2) is 25.1 Å². The van der Waals surface area contributed by atoms with Crippen molar-refractivity contribution in [1.82, 2.24) is 0 Å².